The highest BCUT2D eigenvalue weighted by Crippen LogP contribution is 2.08. The van der Waals surface area contributed by atoms with Crippen molar-refractivity contribution >= 4 is 5.91 Å². The monoisotopic (exact) mass is 226 g/mol. The van der Waals surface area contributed by atoms with Crippen molar-refractivity contribution in [3.05, 3.63) is 35.4 Å². The Hall–Kier alpha value is -2.26. The van der Waals surface area contributed by atoms with Gasteiger partial charge in [-0.25, -0.2) is 0 Å². The van der Waals surface area contributed by atoms with Crippen LogP contribution in [0.4, 0.5) is 0 Å². The maximum absolute atomic E-state index is 12.1. The van der Waals surface area contributed by atoms with Crippen molar-refractivity contribution < 1.29 is 4.79 Å². The molecule has 0 aliphatic rings. The number of carbonyl (C=O) groups excluding carboxylic acids is 1. The van der Waals surface area contributed by atoms with Gasteiger partial charge in [-0.2, -0.15) is 5.26 Å². The van der Waals surface area contributed by atoms with Gasteiger partial charge in [0.25, 0.3) is 5.91 Å². The Morgan fingerprint density at radius 1 is 1.53 bits per heavy atom. The highest BCUT2D eigenvalue weighted by molar-refractivity contribution is 5.94. The largest absolute Gasteiger partial charge is 0.328 e. The summed E-state index contributed by atoms with van der Waals surface area (Å²) in [6.45, 7) is 2.91. The summed E-state index contributed by atoms with van der Waals surface area (Å²) in [7, 11) is 0. The number of amides is 1. The van der Waals surface area contributed by atoms with Crippen LogP contribution in [0.3, 0.4) is 0 Å². The van der Waals surface area contributed by atoms with Gasteiger partial charge in [-0.05, 0) is 24.6 Å². The van der Waals surface area contributed by atoms with Gasteiger partial charge in [0.1, 0.15) is 0 Å². The van der Waals surface area contributed by atoms with E-state index in [1.807, 2.05) is 13.0 Å². The summed E-state index contributed by atoms with van der Waals surface area (Å²) in [5.74, 6) is 2.35. The van der Waals surface area contributed by atoms with Crippen LogP contribution in [0, 0.1) is 23.7 Å². The predicted octanol–water partition coefficient (Wildman–Crippen LogP) is 2.04. The molecule has 3 nitrogen and oxygen atoms in total. The lowest BCUT2D eigenvalue weighted by Crippen LogP contribution is -2.32. The Bertz CT molecular complexity index is 480. The van der Waals surface area contributed by atoms with E-state index >= 15 is 0 Å². The molecule has 0 spiro atoms. The number of hydrogen-bond donors (Lipinski definition) is 0. The number of hydrogen-bond acceptors (Lipinski definition) is 2. The standard InChI is InChI=1S/C14H14N2O/c1-3-8-16(9-4-2)14(17)13-7-5-6-12(10-13)11-15/h1,5-7,10H,4,8-9H2,2H3. The fraction of sp³-hybridized carbons (Fsp3) is 0.286. The predicted molar refractivity (Wildman–Crippen MR) is 66.2 cm³/mol. The zero-order chi connectivity index (χ0) is 12.7. The van der Waals surface area contributed by atoms with Crippen molar-refractivity contribution in [3.8, 4) is 18.4 Å². The molecule has 0 atom stereocenters. The summed E-state index contributed by atoms with van der Waals surface area (Å²) < 4.78 is 0. The summed E-state index contributed by atoms with van der Waals surface area (Å²) in [5.41, 5.74) is 0.987. The molecule has 0 bridgehead atoms. The minimum Gasteiger partial charge on any atom is -0.328 e. The summed E-state index contributed by atoms with van der Waals surface area (Å²) in [6.07, 6.45) is 6.09. The second-order valence-electron chi connectivity index (χ2n) is 3.62. The Balaban J connectivity index is 2.93. The Morgan fingerprint density at radius 2 is 2.29 bits per heavy atom. The van der Waals surface area contributed by atoms with Crippen LogP contribution in [0.2, 0.25) is 0 Å². The number of carbonyl (C=O) groups is 1. The Labute approximate surface area is 102 Å². The highest BCUT2D eigenvalue weighted by Gasteiger charge is 2.13. The fourth-order valence-electron chi connectivity index (χ4n) is 1.54. The number of terminal acetylenes is 1. The summed E-state index contributed by atoms with van der Waals surface area (Å²) >= 11 is 0. The Morgan fingerprint density at radius 3 is 2.88 bits per heavy atom. The minimum absolute atomic E-state index is 0.123. The molecule has 1 amide bonds. The SMILES string of the molecule is C#CCN(CCC)C(=O)c1cccc(C#N)c1. The molecule has 3 heteroatoms. The van der Waals surface area contributed by atoms with Gasteiger partial charge in [-0.1, -0.05) is 18.9 Å². The first-order valence-electron chi connectivity index (χ1n) is 5.45. The van der Waals surface area contributed by atoms with Gasteiger partial charge in [0, 0.05) is 12.1 Å². The average molecular weight is 226 g/mol. The van der Waals surface area contributed by atoms with E-state index in [1.54, 1.807) is 29.2 Å². The molecular formula is C14H14N2O. The Kier molecular flexibility index (Phi) is 4.78. The van der Waals surface area contributed by atoms with Gasteiger partial charge in [0.15, 0.2) is 0 Å². The maximum atomic E-state index is 12.1. The van der Waals surface area contributed by atoms with Gasteiger partial charge in [-0.15, -0.1) is 6.42 Å². The van der Waals surface area contributed by atoms with Crippen LogP contribution in [0.25, 0.3) is 0 Å². The molecule has 86 valence electrons. The smallest absolute Gasteiger partial charge is 0.254 e. The van der Waals surface area contributed by atoms with Crippen LogP contribution < -0.4 is 0 Å². The van der Waals surface area contributed by atoms with Gasteiger partial charge in [-0.3, -0.25) is 4.79 Å². The van der Waals surface area contributed by atoms with E-state index in [1.165, 1.54) is 0 Å². The number of benzene rings is 1. The molecule has 17 heavy (non-hydrogen) atoms. The summed E-state index contributed by atoms with van der Waals surface area (Å²) in [4.78, 5) is 13.7. The maximum Gasteiger partial charge on any atom is 0.254 e. The third-order valence-corrected chi connectivity index (χ3v) is 2.30. The van der Waals surface area contributed by atoms with Gasteiger partial charge in [0.2, 0.25) is 0 Å². The van der Waals surface area contributed by atoms with E-state index in [-0.39, 0.29) is 5.91 Å². The molecule has 0 aliphatic carbocycles. The molecule has 0 unspecified atom stereocenters. The van der Waals surface area contributed by atoms with Crippen LogP contribution in [0.1, 0.15) is 29.3 Å². The molecular weight excluding hydrogens is 212 g/mol. The van der Waals surface area contributed by atoms with Crippen LogP contribution in [0.15, 0.2) is 24.3 Å². The first kappa shape index (κ1) is 12.8. The molecule has 0 fully saturated rings. The van der Waals surface area contributed by atoms with E-state index < -0.39 is 0 Å². The molecule has 0 aromatic heterocycles. The quantitative estimate of drug-likeness (QED) is 0.737. The first-order chi connectivity index (χ1) is 8.22. The van der Waals surface area contributed by atoms with E-state index in [4.69, 9.17) is 11.7 Å². The summed E-state index contributed by atoms with van der Waals surface area (Å²) in [6, 6.07) is 8.66. The van der Waals surface area contributed by atoms with Crippen molar-refractivity contribution in [3.63, 3.8) is 0 Å². The molecule has 0 saturated carbocycles. The highest BCUT2D eigenvalue weighted by atomic mass is 16.2. The van der Waals surface area contributed by atoms with Crippen molar-refractivity contribution in [2.75, 3.05) is 13.1 Å². The molecule has 1 aromatic carbocycles. The molecule has 1 aromatic rings. The normalized spacial score (nSPS) is 9.12. The second-order valence-corrected chi connectivity index (χ2v) is 3.62. The lowest BCUT2D eigenvalue weighted by molar-refractivity contribution is 0.0777. The van der Waals surface area contributed by atoms with Crippen LogP contribution in [0.5, 0.6) is 0 Å². The minimum atomic E-state index is -0.123. The third-order valence-electron chi connectivity index (χ3n) is 2.30. The van der Waals surface area contributed by atoms with E-state index in [0.29, 0.717) is 24.2 Å². The molecule has 0 radical (unpaired) electrons. The average Bonchev–Trinajstić information content (AvgIpc) is 2.38. The zero-order valence-corrected chi connectivity index (χ0v) is 9.81. The first-order valence-corrected chi connectivity index (χ1v) is 5.45. The number of nitriles is 1. The fourth-order valence-corrected chi connectivity index (χ4v) is 1.54. The van der Waals surface area contributed by atoms with Crippen LogP contribution in [-0.4, -0.2) is 23.9 Å². The van der Waals surface area contributed by atoms with Crippen molar-refractivity contribution in [2.24, 2.45) is 0 Å². The number of nitrogens with zero attached hydrogens (tertiary/aromatic N) is 2. The van der Waals surface area contributed by atoms with Crippen LogP contribution in [-0.2, 0) is 0 Å². The van der Waals surface area contributed by atoms with E-state index in [9.17, 15) is 4.79 Å². The van der Waals surface area contributed by atoms with Crippen molar-refractivity contribution in [1.82, 2.24) is 4.90 Å². The van der Waals surface area contributed by atoms with Gasteiger partial charge < -0.3 is 4.90 Å². The molecule has 0 heterocycles. The van der Waals surface area contributed by atoms with E-state index in [2.05, 4.69) is 5.92 Å². The topological polar surface area (TPSA) is 44.1 Å². The van der Waals surface area contributed by atoms with Crippen molar-refractivity contribution in [2.45, 2.75) is 13.3 Å². The molecule has 1 rings (SSSR count). The lowest BCUT2D eigenvalue weighted by Gasteiger charge is -2.19. The van der Waals surface area contributed by atoms with Crippen molar-refractivity contribution in [1.29, 1.82) is 5.26 Å². The van der Waals surface area contributed by atoms with Gasteiger partial charge >= 0.3 is 0 Å². The second kappa shape index (κ2) is 6.35. The van der Waals surface area contributed by atoms with Gasteiger partial charge in [0.05, 0.1) is 18.2 Å². The number of rotatable bonds is 4. The lowest BCUT2D eigenvalue weighted by atomic mass is 10.1. The summed E-state index contributed by atoms with van der Waals surface area (Å²) in [5, 5.41) is 8.78. The molecule has 0 N–H and O–H groups in total. The van der Waals surface area contributed by atoms with E-state index in [0.717, 1.165) is 6.42 Å². The zero-order valence-electron chi connectivity index (χ0n) is 9.81. The molecule has 0 aliphatic heterocycles. The third kappa shape index (κ3) is 3.36. The molecule has 0 saturated heterocycles. The van der Waals surface area contributed by atoms with Crippen LogP contribution >= 0.6 is 0 Å².